The lowest BCUT2D eigenvalue weighted by molar-refractivity contribution is 0.0952. The van der Waals surface area contributed by atoms with Crippen LogP contribution in [0.1, 0.15) is 10.4 Å². The maximum Gasteiger partial charge on any atom is 0.251 e. The predicted molar refractivity (Wildman–Crippen MR) is 58.8 cm³/mol. The molecule has 2 aromatic heterocycles. The summed E-state index contributed by atoms with van der Waals surface area (Å²) in [7, 11) is 0. The van der Waals surface area contributed by atoms with Gasteiger partial charge in [0.2, 0.25) is 0 Å². The zero-order valence-electron chi connectivity index (χ0n) is 8.71. The number of carbonyl (C=O) groups excluding carboxylic acids is 1. The molecule has 0 aliphatic rings. The summed E-state index contributed by atoms with van der Waals surface area (Å²) in [6.07, 6.45) is 6.77. The first kappa shape index (κ1) is 10.4. The largest absolute Gasteiger partial charge is 0.350 e. The third kappa shape index (κ3) is 2.66. The van der Waals surface area contributed by atoms with Gasteiger partial charge in [-0.3, -0.25) is 14.5 Å². The Morgan fingerprint density at radius 1 is 1.31 bits per heavy atom. The quantitative estimate of drug-likeness (QED) is 0.818. The van der Waals surface area contributed by atoms with Gasteiger partial charge in [0.25, 0.3) is 5.91 Å². The minimum atomic E-state index is -0.0884. The molecule has 0 radical (unpaired) electrons. The summed E-state index contributed by atoms with van der Waals surface area (Å²) in [4.78, 5) is 15.5. The topological polar surface area (TPSA) is 59.8 Å². The van der Waals surface area contributed by atoms with Gasteiger partial charge >= 0.3 is 0 Å². The number of nitrogens with zero attached hydrogens (tertiary/aromatic N) is 3. The first-order valence-electron chi connectivity index (χ1n) is 5.02. The van der Waals surface area contributed by atoms with Gasteiger partial charge in [0, 0.05) is 36.9 Å². The highest BCUT2D eigenvalue weighted by Crippen LogP contribution is 1.95. The van der Waals surface area contributed by atoms with Crippen LogP contribution in [-0.2, 0) is 6.54 Å². The highest BCUT2D eigenvalue weighted by Gasteiger charge is 2.02. The van der Waals surface area contributed by atoms with Gasteiger partial charge in [0.1, 0.15) is 0 Å². The Morgan fingerprint density at radius 2 is 2.12 bits per heavy atom. The van der Waals surface area contributed by atoms with Gasteiger partial charge in [0.15, 0.2) is 0 Å². The Labute approximate surface area is 93.1 Å². The second-order valence-electron chi connectivity index (χ2n) is 3.26. The summed E-state index contributed by atoms with van der Waals surface area (Å²) in [5, 5.41) is 6.85. The number of carbonyl (C=O) groups is 1. The van der Waals surface area contributed by atoms with Gasteiger partial charge in [-0.2, -0.15) is 5.10 Å². The first-order valence-corrected chi connectivity index (χ1v) is 5.02. The molecule has 0 spiro atoms. The summed E-state index contributed by atoms with van der Waals surface area (Å²) in [6, 6.07) is 5.22. The van der Waals surface area contributed by atoms with Gasteiger partial charge in [0.05, 0.1) is 6.54 Å². The summed E-state index contributed by atoms with van der Waals surface area (Å²) < 4.78 is 1.77. The van der Waals surface area contributed by atoms with E-state index in [1.54, 1.807) is 35.4 Å². The summed E-state index contributed by atoms with van der Waals surface area (Å²) in [6.45, 7) is 1.23. The number of pyridine rings is 1. The predicted octanol–water partition coefficient (Wildman–Crippen LogP) is 0.708. The smallest absolute Gasteiger partial charge is 0.251 e. The van der Waals surface area contributed by atoms with Crippen LogP contribution in [0.2, 0.25) is 0 Å². The van der Waals surface area contributed by atoms with Gasteiger partial charge < -0.3 is 5.32 Å². The molecule has 0 unspecified atom stereocenters. The molecule has 0 bridgehead atoms. The molecule has 1 N–H and O–H groups in total. The molecule has 0 aliphatic heterocycles. The van der Waals surface area contributed by atoms with E-state index in [0.29, 0.717) is 18.7 Å². The summed E-state index contributed by atoms with van der Waals surface area (Å²) in [5.74, 6) is -0.0884. The molecule has 5 heteroatoms. The second kappa shape index (κ2) is 5.06. The molecule has 0 aromatic carbocycles. The van der Waals surface area contributed by atoms with Crippen LogP contribution in [-0.4, -0.2) is 27.2 Å². The van der Waals surface area contributed by atoms with Crippen molar-refractivity contribution in [3.05, 3.63) is 48.5 Å². The van der Waals surface area contributed by atoms with Crippen LogP contribution < -0.4 is 5.32 Å². The molecule has 2 rings (SSSR count). The van der Waals surface area contributed by atoms with E-state index >= 15 is 0 Å². The fourth-order valence-corrected chi connectivity index (χ4v) is 1.32. The highest BCUT2D eigenvalue weighted by molar-refractivity contribution is 5.93. The molecule has 2 heterocycles. The first-order chi connectivity index (χ1) is 7.86. The van der Waals surface area contributed by atoms with Crippen molar-refractivity contribution >= 4 is 5.91 Å². The second-order valence-corrected chi connectivity index (χ2v) is 3.26. The van der Waals surface area contributed by atoms with E-state index < -0.39 is 0 Å². The molecule has 0 saturated heterocycles. The van der Waals surface area contributed by atoms with E-state index in [4.69, 9.17) is 0 Å². The molecule has 0 saturated carbocycles. The lowest BCUT2D eigenvalue weighted by atomic mass is 10.2. The number of rotatable bonds is 4. The van der Waals surface area contributed by atoms with E-state index in [2.05, 4.69) is 15.4 Å². The number of nitrogens with one attached hydrogen (secondary N) is 1. The molecule has 5 nitrogen and oxygen atoms in total. The lowest BCUT2D eigenvalue weighted by Gasteiger charge is -2.04. The Balaban J connectivity index is 1.81. The van der Waals surface area contributed by atoms with Crippen molar-refractivity contribution in [3.8, 4) is 0 Å². The number of hydrogen-bond acceptors (Lipinski definition) is 3. The van der Waals surface area contributed by atoms with Crippen molar-refractivity contribution in [2.75, 3.05) is 6.54 Å². The summed E-state index contributed by atoms with van der Waals surface area (Å²) in [5.41, 5.74) is 0.621. The lowest BCUT2D eigenvalue weighted by Crippen LogP contribution is -2.27. The molecule has 2 aromatic rings. The molecule has 0 atom stereocenters. The van der Waals surface area contributed by atoms with Crippen molar-refractivity contribution in [3.63, 3.8) is 0 Å². The van der Waals surface area contributed by atoms with Crippen LogP contribution in [0.4, 0.5) is 0 Å². The minimum Gasteiger partial charge on any atom is -0.350 e. The van der Waals surface area contributed by atoms with Crippen LogP contribution in [0.15, 0.2) is 43.0 Å². The molecule has 82 valence electrons. The third-order valence-corrected chi connectivity index (χ3v) is 2.13. The monoisotopic (exact) mass is 216 g/mol. The fraction of sp³-hybridized carbons (Fsp3) is 0.182. The average molecular weight is 216 g/mol. The van der Waals surface area contributed by atoms with Crippen LogP contribution >= 0.6 is 0 Å². The fourth-order valence-electron chi connectivity index (χ4n) is 1.32. The van der Waals surface area contributed by atoms with E-state index in [1.165, 1.54) is 0 Å². The molecule has 1 amide bonds. The highest BCUT2D eigenvalue weighted by atomic mass is 16.1. The Hall–Kier alpha value is -2.17. The van der Waals surface area contributed by atoms with Gasteiger partial charge in [-0.25, -0.2) is 0 Å². The van der Waals surface area contributed by atoms with E-state index in [9.17, 15) is 4.79 Å². The van der Waals surface area contributed by atoms with Crippen LogP contribution in [0.25, 0.3) is 0 Å². The van der Waals surface area contributed by atoms with Crippen LogP contribution in [0.3, 0.4) is 0 Å². The Kier molecular flexibility index (Phi) is 3.28. The minimum absolute atomic E-state index is 0.0884. The van der Waals surface area contributed by atoms with Crippen molar-refractivity contribution in [1.29, 1.82) is 0 Å². The average Bonchev–Trinajstić information content (AvgIpc) is 2.83. The maximum atomic E-state index is 11.6. The van der Waals surface area contributed by atoms with E-state index in [-0.39, 0.29) is 5.91 Å². The molecule has 0 fully saturated rings. The van der Waals surface area contributed by atoms with Crippen molar-refractivity contribution in [1.82, 2.24) is 20.1 Å². The van der Waals surface area contributed by atoms with Crippen molar-refractivity contribution < 1.29 is 4.79 Å². The van der Waals surface area contributed by atoms with E-state index in [1.807, 2.05) is 12.3 Å². The van der Waals surface area contributed by atoms with Gasteiger partial charge in [-0.15, -0.1) is 0 Å². The third-order valence-electron chi connectivity index (χ3n) is 2.13. The van der Waals surface area contributed by atoms with Gasteiger partial charge in [-0.05, 0) is 18.2 Å². The standard InChI is InChI=1S/C11H12N4O/c16-11(10-2-5-12-6-3-10)13-7-9-15-8-1-4-14-15/h1-6,8H,7,9H2,(H,13,16). The maximum absolute atomic E-state index is 11.6. The normalized spacial score (nSPS) is 10.0. The van der Waals surface area contributed by atoms with Crippen molar-refractivity contribution in [2.24, 2.45) is 0 Å². The Bertz CT molecular complexity index is 438. The number of amides is 1. The zero-order chi connectivity index (χ0) is 11.2. The Morgan fingerprint density at radius 3 is 2.81 bits per heavy atom. The van der Waals surface area contributed by atoms with E-state index in [0.717, 1.165) is 0 Å². The molecule has 0 aliphatic carbocycles. The number of aromatic nitrogens is 3. The van der Waals surface area contributed by atoms with Crippen LogP contribution in [0.5, 0.6) is 0 Å². The molecular formula is C11H12N4O. The van der Waals surface area contributed by atoms with Crippen molar-refractivity contribution in [2.45, 2.75) is 6.54 Å². The number of hydrogen-bond donors (Lipinski definition) is 1. The SMILES string of the molecule is O=C(NCCn1cccn1)c1ccncc1. The molecular weight excluding hydrogens is 204 g/mol. The van der Waals surface area contributed by atoms with Gasteiger partial charge in [-0.1, -0.05) is 0 Å². The summed E-state index contributed by atoms with van der Waals surface area (Å²) >= 11 is 0. The van der Waals surface area contributed by atoms with Crippen LogP contribution in [0, 0.1) is 0 Å². The zero-order valence-corrected chi connectivity index (χ0v) is 8.71. The molecule has 16 heavy (non-hydrogen) atoms.